The van der Waals surface area contributed by atoms with E-state index in [0.29, 0.717) is 12.8 Å². The Morgan fingerprint density at radius 3 is 2.71 bits per heavy atom. The Balaban J connectivity index is 1.49. The van der Waals surface area contributed by atoms with E-state index in [-0.39, 0.29) is 18.2 Å². The van der Waals surface area contributed by atoms with E-state index in [2.05, 4.69) is 47.4 Å². The highest BCUT2D eigenvalue weighted by molar-refractivity contribution is 6.32. The molecule has 0 amide bonds. The number of alkyl halides is 2. The van der Waals surface area contributed by atoms with E-state index in [4.69, 9.17) is 27.9 Å². The number of aryl methyl sites for hydroxylation is 1. The topological polar surface area (TPSA) is 32.7 Å². The molecule has 3 atom stereocenters. The molecule has 2 aliphatic carbocycles. The van der Waals surface area contributed by atoms with Crippen LogP contribution in [0.3, 0.4) is 0 Å². The van der Waals surface area contributed by atoms with Crippen LogP contribution in [0.15, 0.2) is 70.8 Å². The molecular formula is C32H36Cl2FNO2. The summed E-state index contributed by atoms with van der Waals surface area (Å²) < 4.78 is 18.8. The molecule has 5 rings (SSSR count). The summed E-state index contributed by atoms with van der Waals surface area (Å²) in [6, 6.07) is 14.7. The van der Waals surface area contributed by atoms with Gasteiger partial charge in [-0.15, -0.1) is 11.6 Å². The van der Waals surface area contributed by atoms with Gasteiger partial charge in [0.05, 0.1) is 18.2 Å². The second-order valence-electron chi connectivity index (χ2n) is 10.6. The summed E-state index contributed by atoms with van der Waals surface area (Å²) in [6.07, 6.45) is 8.78. The molecule has 3 nitrogen and oxygen atoms in total. The molecule has 1 heterocycles. The minimum absolute atomic E-state index is 0.0816. The van der Waals surface area contributed by atoms with Crippen molar-refractivity contribution < 1.29 is 14.2 Å². The first-order chi connectivity index (χ1) is 18.4. The lowest BCUT2D eigenvalue weighted by atomic mass is 9.85. The number of halogens is 3. The third kappa shape index (κ3) is 6.20. The standard InChI is InChI=1S/C32H36Cl2FNO2/c1-21(37)23-8-12-28-24(18-23)4-2-5-30(29-13-9-25(33)19-31(29)34)32(28)22-6-10-26(11-7-22)38-27-14-17-36(20-27)16-3-15-35/h6-13,18,21,25,27,37H,2-5,14-17,19-20H2,1H3/t21?,25?,27-/m0/s1. The number of nitrogens with zero attached hydrogens (tertiary/aromatic N) is 1. The SMILES string of the molecule is CC(O)c1ccc2c(c1)CCCC(C1=C(Cl)CC(Cl)C=C1)=C2c1ccc(O[C@H]2CCN(CCCF)C2)cc1. The summed E-state index contributed by atoms with van der Waals surface area (Å²) in [5.41, 5.74) is 8.00. The highest BCUT2D eigenvalue weighted by atomic mass is 35.5. The van der Waals surface area contributed by atoms with Crippen molar-refractivity contribution in [1.82, 2.24) is 4.90 Å². The van der Waals surface area contributed by atoms with Gasteiger partial charge in [-0.3, -0.25) is 9.29 Å². The fourth-order valence-corrected chi connectivity index (χ4v) is 6.49. The Hall–Kier alpha value is -2.11. The summed E-state index contributed by atoms with van der Waals surface area (Å²) in [7, 11) is 0. The monoisotopic (exact) mass is 555 g/mol. The van der Waals surface area contributed by atoms with E-state index in [1.807, 2.05) is 19.1 Å². The summed E-state index contributed by atoms with van der Waals surface area (Å²) in [5, 5.41) is 10.9. The van der Waals surface area contributed by atoms with Crippen molar-refractivity contribution in [3.05, 3.63) is 93.0 Å². The molecule has 6 heteroatoms. The maximum Gasteiger partial charge on any atom is 0.119 e. The van der Waals surface area contributed by atoms with Gasteiger partial charge in [0.2, 0.25) is 0 Å². The first kappa shape index (κ1) is 27.5. The minimum Gasteiger partial charge on any atom is -0.489 e. The molecule has 0 aromatic heterocycles. The van der Waals surface area contributed by atoms with Crippen molar-refractivity contribution in [2.45, 2.75) is 63.0 Å². The van der Waals surface area contributed by atoms with Gasteiger partial charge in [-0.05, 0) is 90.1 Å². The molecular weight excluding hydrogens is 520 g/mol. The number of aliphatic hydroxyl groups excluding tert-OH is 1. The summed E-state index contributed by atoms with van der Waals surface area (Å²) in [6.45, 7) is 4.13. The van der Waals surface area contributed by atoms with Crippen molar-refractivity contribution in [1.29, 1.82) is 0 Å². The number of rotatable bonds is 8. The van der Waals surface area contributed by atoms with Gasteiger partial charge >= 0.3 is 0 Å². The van der Waals surface area contributed by atoms with Gasteiger partial charge in [0.25, 0.3) is 0 Å². The third-order valence-electron chi connectivity index (χ3n) is 7.80. The number of ether oxygens (including phenoxy) is 1. The normalized spacial score (nSPS) is 23.0. The van der Waals surface area contributed by atoms with Crippen molar-refractivity contribution in [2.24, 2.45) is 0 Å². The number of allylic oxidation sites excluding steroid dienone is 5. The van der Waals surface area contributed by atoms with Crippen LogP contribution in [-0.2, 0) is 6.42 Å². The number of hydrogen-bond donors (Lipinski definition) is 1. The van der Waals surface area contributed by atoms with Gasteiger partial charge in [0.1, 0.15) is 11.9 Å². The average molecular weight is 557 g/mol. The first-order valence-corrected chi connectivity index (χ1v) is 14.6. The Morgan fingerprint density at radius 1 is 1.16 bits per heavy atom. The molecule has 0 bridgehead atoms. The molecule has 2 aromatic rings. The molecule has 0 radical (unpaired) electrons. The van der Waals surface area contributed by atoms with E-state index in [1.54, 1.807) is 0 Å². The quantitative estimate of drug-likeness (QED) is 0.338. The van der Waals surface area contributed by atoms with Gasteiger partial charge in [0, 0.05) is 31.1 Å². The summed E-state index contributed by atoms with van der Waals surface area (Å²) in [5.74, 6) is 0.853. The Bertz CT molecular complexity index is 1230. The van der Waals surface area contributed by atoms with Gasteiger partial charge in [-0.1, -0.05) is 54.1 Å². The number of likely N-dealkylation sites (tertiary alicyclic amines) is 1. The van der Waals surface area contributed by atoms with Crippen molar-refractivity contribution in [3.8, 4) is 5.75 Å². The lowest BCUT2D eigenvalue weighted by molar-refractivity contribution is 0.198. The molecule has 1 fully saturated rings. The lowest BCUT2D eigenvalue weighted by Crippen LogP contribution is -2.26. The minimum atomic E-state index is -0.505. The number of benzene rings is 2. The maximum atomic E-state index is 12.5. The maximum absolute atomic E-state index is 12.5. The number of fused-ring (bicyclic) bond motifs is 1. The van der Waals surface area contributed by atoms with Crippen LogP contribution in [0.5, 0.6) is 5.75 Å². The van der Waals surface area contributed by atoms with Gasteiger partial charge in [0.15, 0.2) is 0 Å². The second-order valence-corrected chi connectivity index (χ2v) is 11.6. The molecule has 0 saturated carbocycles. The highest BCUT2D eigenvalue weighted by Crippen LogP contribution is 2.42. The predicted octanol–water partition coefficient (Wildman–Crippen LogP) is 7.75. The molecule has 3 aliphatic rings. The Labute approximate surface area is 235 Å². The summed E-state index contributed by atoms with van der Waals surface area (Å²) in [4.78, 5) is 2.28. The molecule has 2 unspecified atom stereocenters. The average Bonchev–Trinajstić information content (AvgIpc) is 3.26. The predicted molar refractivity (Wildman–Crippen MR) is 155 cm³/mol. The van der Waals surface area contributed by atoms with E-state index < -0.39 is 6.10 Å². The fraction of sp³-hybridized carbons (Fsp3) is 0.438. The van der Waals surface area contributed by atoms with Crippen LogP contribution >= 0.6 is 23.2 Å². The fourth-order valence-electron chi connectivity index (χ4n) is 5.84. The number of aliphatic hydroxyl groups is 1. The first-order valence-electron chi connectivity index (χ1n) is 13.7. The molecule has 1 N–H and O–H groups in total. The van der Waals surface area contributed by atoms with E-state index >= 15 is 0 Å². The van der Waals surface area contributed by atoms with E-state index in [0.717, 1.165) is 72.8 Å². The number of hydrogen-bond acceptors (Lipinski definition) is 3. The largest absolute Gasteiger partial charge is 0.489 e. The molecule has 1 aliphatic heterocycles. The highest BCUT2D eigenvalue weighted by Gasteiger charge is 2.26. The van der Waals surface area contributed by atoms with Crippen LogP contribution < -0.4 is 4.74 Å². The third-order valence-corrected chi connectivity index (χ3v) is 8.46. The molecule has 0 spiro atoms. The Morgan fingerprint density at radius 2 is 1.97 bits per heavy atom. The molecule has 38 heavy (non-hydrogen) atoms. The second kappa shape index (κ2) is 12.4. The zero-order chi connectivity index (χ0) is 26.6. The molecule has 1 saturated heterocycles. The smallest absolute Gasteiger partial charge is 0.119 e. The van der Waals surface area contributed by atoms with E-state index in [9.17, 15) is 9.50 Å². The Kier molecular flexibility index (Phi) is 8.95. The molecule has 2 aromatic carbocycles. The van der Waals surface area contributed by atoms with Crippen LogP contribution in [0.2, 0.25) is 0 Å². The van der Waals surface area contributed by atoms with Crippen LogP contribution in [0.25, 0.3) is 5.57 Å². The van der Waals surface area contributed by atoms with Gasteiger partial charge < -0.3 is 9.84 Å². The van der Waals surface area contributed by atoms with Crippen molar-refractivity contribution in [2.75, 3.05) is 26.3 Å². The van der Waals surface area contributed by atoms with Crippen molar-refractivity contribution >= 4 is 28.8 Å². The van der Waals surface area contributed by atoms with Gasteiger partial charge in [-0.25, -0.2) is 0 Å². The van der Waals surface area contributed by atoms with Crippen LogP contribution in [0, 0.1) is 0 Å². The van der Waals surface area contributed by atoms with Crippen LogP contribution in [-0.4, -0.2) is 47.8 Å². The zero-order valence-corrected chi connectivity index (χ0v) is 23.4. The van der Waals surface area contributed by atoms with Crippen LogP contribution in [0.4, 0.5) is 4.39 Å². The molecule has 202 valence electrons. The van der Waals surface area contributed by atoms with Crippen molar-refractivity contribution in [3.63, 3.8) is 0 Å². The van der Waals surface area contributed by atoms with Gasteiger partial charge in [-0.2, -0.15) is 0 Å². The lowest BCUT2D eigenvalue weighted by Gasteiger charge is -2.22. The zero-order valence-electron chi connectivity index (χ0n) is 21.9. The van der Waals surface area contributed by atoms with E-state index in [1.165, 1.54) is 22.3 Å². The van der Waals surface area contributed by atoms with Crippen LogP contribution in [0.1, 0.15) is 67.4 Å². The summed E-state index contributed by atoms with van der Waals surface area (Å²) >= 11 is 13.2.